The molecule has 1 aliphatic rings. The van der Waals surface area contributed by atoms with E-state index in [1.54, 1.807) is 11.3 Å². The van der Waals surface area contributed by atoms with Crippen LogP contribution < -0.4 is 10.6 Å². The highest BCUT2D eigenvalue weighted by atomic mass is 79.9. The van der Waals surface area contributed by atoms with E-state index < -0.39 is 0 Å². The topological polar surface area (TPSA) is 41.1 Å². The molecular weight excluding hydrogens is 380 g/mol. The average Bonchev–Trinajstić information content (AvgIpc) is 3.06. The van der Waals surface area contributed by atoms with Crippen molar-refractivity contribution >= 4 is 56.7 Å². The van der Waals surface area contributed by atoms with Gasteiger partial charge >= 0.3 is 0 Å². The zero-order valence-electron chi connectivity index (χ0n) is 11.9. The van der Waals surface area contributed by atoms with Crippen LogP contribution in [-0.2, 0) is 11.2 Å². The Labute approximate surface area is 146 Å². The van der Waals surface area contributed by atoms with E-state index in [1.807, 2.05) is 30.3 Å². The molecule has 3 nitrogen and oxygen atoms in total. The van der Waals surface area contributed by atoms with Crippen LogP contribution in [0.15, 0.2) is 45.1 Å². The minimum atomic E-state index is -0.130. The van der Waals surface area contributed by atoms with Crippen LogP contribution in [0.1, 0.15) is 17.4 Å². The lowest BCUT2D eigenvalue weighted by atomic mass is 10.1. The van der Waals surface area contributed by atoms with Gasteiger partial charge in [0, 0.05) is 10.6 Å². The lowest BCUT2D eigenvalue weighted by molar-refractivity contribution is -0.116. The number of thioether (sulfide) groups is 1. The van der Waals surface area contributed by atoms with Gasteiger partial charge in [0.1, 0.15) is 0 Å². The number of nitrogens with one attached hydrogen (secondary N) is 2. The second-order valence-corrected chi connectivity index (χ2v) is 8.46. The molecule has 0 saturated carbocycles. The average molecular weight is 395 g/mol. The van der Waals surface area contributed by atoms with Crippen molar-refractivity contribution in [3.63, 3.8) is 0 Å². The van der Waals surface area contributed by atoms with Crippen LogP contribution in [0.2, 0.25) is 0 Å². The smallest absolute Gasteiger partial charge is 0.260 e. The quantitative estimate of drug-likeness (QED) is 0.739. The SMILES string of the molecule is CCc1ccc(N[C@@H]2NC(=O)/C(=C/c3ccc(Br)s3)S2)cc1. The molecule has 2 heterocycles. The summed E-state index contributed by atoms with van der Waals surface area (Å²) < 4.78 is 1.06. The standard InChI is InChI=1S/C16H15BrN2OS2/c1-2-10-3-5-11(6-4-10)18-16-19-15(20)13(22-16)9-12-7-8-14(17)21-12/h3-9,16,18H,2H2,1H3,(H,19,20)/b13-9-/t16-/m1/s1. The molecule has 2 N–H and O–H groups in total. The largest absolute Gasteiger partial charge is 0.357 e. The normalized spacial score (nSPS) is 19.5. The summed E-state index contributed by atoms with van der Waals surface area (Å²) in [5, 5.41) is 6.27. The number of hydrogen-bond donors (Lipinski definition) is 2. The van der Waals surface area contributed by atoms with Crippen molar-refractivity contribution in [2.75, 3.05) is 5.32 Å². The van der Waals surface area contributed by atoms with Crippen molar-refractivity contribution in [3.05, 3.63) is 55.5 Å². The molecular formula is C16H15BrN2OS2. The van der Waals surface area contributed by atoms with E-state index in [1.165, 1.54) is 17.3 Å². The maximum atomic E-state index is 12.0. The molecule has 0 bridgehead atoms. The van der Waals surface area contributed by atoms with Crippen molar-refractivity contribution in [2.24, 2.45) is 0 Å². The van der Waals surface area contributed by atoms with Gasteiger partial charge in [-0.05, 0) is 58.3 Å². The number of hydrogen-bond acceptors (Lipinski definition) is 4. The van der Waals surface area contributed by atoms with Gasteiger partial charge < -0.3 is 10.6 Å². The van der Waals surface area contributed by atoms with Crippen molar-refractivity contribution in [2.45, 2.75) is 18.8 Å². The minimum Gasteiger partial charge on any atom is -0.357 e. The Hall–Kier alpha value is -1.24. The maximum absolute atomic E-state index is 12.0. The first-order valence-electron chi connectivity index (χ1n) is 6.94. The van der Waals surface area contributed by atoms with Crippen molar-refractivity contribution in [1.82, 2.24) is 5.32 Å². The van der Waals surface area contributed by atoms with E-state index in [9.17, 15) is 4.79 Å². The molecule has 6 heteroatoms. The third-order valence-electron chi connectivity index (χ3n) is 3.26. The van der Waals surface area contributed by atoms with Crippen molar-refractivity contribution in [3.8, 4) is 0 Å². The highest BCUT2D eigenvalue weighted by molar-refractivity contribution is 9.11. The van der Waals surface area contributed by atoms with Crippen LogP contribution in [0.3, 0.4) is 0 Å². The first-order chi connectivity index (χ1) is 10.6. The summed E-state index contributed by atoms with van der Waals surface area (Å²) in [6.45, 7) is 2.13. The van der Waals surface area contributed by atoms with E-state index in [-0.39, 0.29) is 11.4 Å². The van der Waals surface area contributed by atoms with E-state index in [0.29, 0.717) is 0 Å². The molecule has 1 amide bonds. The number of aryl methyl sites for hydroxylation is 1. The minimum absolute atomic E-state index is 0.0304. The lowest BCUT2D eigenvalue weighted by Crippen LogP contribution is -2.30. The molecule has 1 saturated heterocycles. The van der Waals surface area contributed by atoms with Gasteiger partial charge in [-0.1, -0.05) is 30.8 Å². The van der Waals surface area contributed by atoms with Gasteiger partial charge in [0.25, 0.3) is 5.91 Å². The van der Waals surface area contributed by atoms with E-state index in [2.05, 4.69) is 45.6 Å². The van der Waals surface area contributed by atoms with Crippen LogP contribution >= 0.6 is 39.0 Å². The van der Waals surface area contributed by atoms with E-state index in [4.69, 9.17) is 0 Å². The Morgan fingerprint density at radius 2 is 2.05 bits per heavy atom. The van der Waals surface area contributed by atoms with Gasteiger partial charge in [0.15, 0.2) is 5.50 Å². The summed E-state index contributed by atoms with van der Waals surface area (Å²) in [5.74, 6) is -0.0304. The van der Waals surface area contributed by atoms with Crippen LogP contribution in [-0.4, -0.2) is 11.4 Å². The van der Waals surface area contributed by atoms with Crippen molar-refractivity contribution in [1.29, 1.82) is 0 Å². The number of halogens is 1. The van der Waals surface area contributed by atoms with Gasteiger partial charge in [0.05, 0.1) is 8.69 Å². The lowest BCUT2D eigenvalue weighted by Gasteiger charge is -2.12. The maximum Gasteiger partial charge on any atom is 0.260 e. The van der Waals surface area contributed by atoms with Gasteiger partial charge in [0.2, 0.25) is 0 Å². The summed E-state index contributed by atoms with van der Waals surface area (Å²) in [6, 6.07) is 12.3. The molecule has 0 unspecified atom stereocenters. The molecule has 114 valence electrons. The van der Waals surface area contributed by atoms with Crippen LogP contribution in [0, 0.1) is 0 Å². The molecule has 0 aliphatic carbocycles. The first kappa shape index (κ1) is 15.6. The summed E-state index contributed by atoms with van der Waals surface area (Å²) >= 11 is 6.55. The number of rotatable bonds is 4. The highest BCUT2D eigenvalue weighted by Gasteiger charge is 2.27. The molecule has 0 radical (unpaired) electrons. The van der Waals surface area contributed by atoms with Crippen LogP contribution in [0.5, 0.6) is 0 Å². The number of anilines is 1. The fourth-order valence-electron chi connectivity index (χ4n) is 2.09. The van der Waals surface area contributed by atoms with E-state index in [0.717, 1.165) is 25.7 Å². The number of carbonyl (C=O) groups is 1. The second-order valence-electron chi connectivity index (χ2n) is 4.82. The molecule has 2 aromatic rings. The predicted octanol–water partition coefficient (Wildman–Crippen LogP) is 4.67. The number of amides is 1. The number of carbonyl (C=O) groups excluding carboxylic acids is 1. The molecule has 1 atom stereocenters. The van der Waals surface area contributed by atoms with E-state index >= 15 is 0 Å². The molecule has 3 rings (SSSR count). The Morgan fingerprint density at radius 1 is 1.27 bits per heavy atom. The summed E-state index contributed by atoms with van der Waals surface area (Å²) in [4.78, 5) is 13.8. The Balaban J connectivity index is 1.67. The molecule has 1 fully saturated rings. The third-order valence-corrected chi connectivity index (χ3v) is 5.86. The van der Waals surface area contributed by atoms with Crippen LogP contribution in [0.25, 0.3) is 6.08 Å². The van der Waals surface area contributed by atoms with Gasteiger partial charge in [-0.2, -0.15) is 0 Å². The third kappa shape index (κ3) is 3.74. The molecule has 1 aromatic heterocycles. The number of thiophene rings is 1. The van der Waals surface area contributed by atoms with Gasteiger partial charge in [-0.15, -0.1) is 11.3 Å². The monoisotopic (exact) mass is 394 g/mol. The van der Waals surface area contributed by atoms with Crippen molar-refractivity contribution < 1.29 is 4.79 Å². The molecule has 0 spiro atoms. The number of benzene rings is 1. The summed E-state index contributed by atoms with van der Waals surface area (Å²) in [6.07, 6.45) is 2.95. The fraction of sp³-hybridized carbons (Fsp3) is 0.188. The summed E-state index contributed by atoms with van der Waals surface area (Å²) in [7, 11) is 0. The Bertz CT molecular complexity index is 709. The van der Waals surface area contributed by atoms with Crippen LogP contribution in [0.4, 0.5) is 5.69 Å². The molecule has 22 heavy (non-hydrogen) atoms. The Kier molecular flexibility index (Phi) is 4.90. The zero-order valence-corrected chi connectivity index (χ0v) is 15.1. The Morgan fingerprint density at radius 3 is 2.68 bits per heavy atom. The molecule has 1 aliphatic heterocycles. The fourth-order valence-corrected chi connectivity index (χ4v) is 4.51. The predicted molar refractivity (Wildman–Crippen MR) is 99.0 cm³/mol. The molecule has 1 aromatic carbocycles. The van der Waals surface area contributed by atoms with Gasteiger partial charge in [-0.3, -0.25) is 4.79 Å². The summed E-state index contributed by atoms with van der Waals surface area (Å²) in [5.41, 5.74) is 2.18. The van der Waals surface area contributed by atoms with Gasteiger partial charge in [-0.25, -0.2) is 0 Å². The second kappa shape index (κ2) is 6.89. The zero-order chi connectivity index (χ0) is 15.5. The first-order valence-corrected chi connectivity index (χ1v) is 9.43. The highest BCUT2D eigenvalue weighted by Crippen LogP contribution is 2.32.